The molecule has 0 N–H and O–H groups in total. The molecule has 0 spiro atoms. The van der Waals surface area contributed by atoms with Gasteiger partial charge < -0.3 is 4.74 Å². The van der Waals surface area contributed by atoms with E-state index in [0.29, 0.717) is 14.2 Å². The second kappa shape index (κ2) is 5.44. The van der Waals surface area contributed by atoms with Crippen LogP contribution in [0.2, 0.25) is 0 Å². The van der Waals surface area contributed by atoms with E-state index in [4.69, 9.17) is 4.74 Å². The van der Waals surface area contributed by atoms with Crippen LogP contribution >= 0.6 is 27.3 Å². The van der Waals surface area contributed by atoms with Gasteiger partial charge in [-0.15, -0.1) is 11.3 Å². The predicted molar refractivity (Wildman–Crippen MR) is 69.5 cm³/mol. The molecule has 7 heteroatoms. The van der Waals surface area contributed by atoms with Crippen LogP contribution in [0.3, 0.4) is 0 Å². The first-order chi connectivity index (χ1) is 8.84. The van der Waals surface area contributed by atoms with Gasteiger partial charge in [0.05, 0.1) is 21.9 Å². The van der Waals surface area contributed by atoms with Gasteiger partial charge in [0.2, 0.25) is 0 Å². The lowest BCUT2D eigenvalue weighted by molar-refractivity contribution is -0.176. The van der Waals surface area contributed by atoms with E-state index >= 15 is 0 Å². The van der Waals surface area contributed by atoms with Crippen LogP contribution in [0.15, 0.2) is 3.79 Å². The maximum atomic E-state index is 12.7. The Morgan fingerprint density at radius 2 is 2.21 bits per heavy atom. The minimum atomic E-state index is -4.17. The molecule has 1 atom stereocenters. The number of thiophene rings is 1. The number of carbonyl (C=O) groups excluding carboxylic acids is 1. The van der Waals surface area contributed by atoms with Crippen molar-refractivity contribution in [2.45, 2.75) is 32.4 Å². The molecular formula is C12H12BrF3O2S. The lowest BCUT2D eigenvalue weighted by Gasteiger charge is -2.24. The summed E-state index contributed by atoms with van der Waals surface area (Å²) in [6.07, 6.45) is -3.90. The molecule has 0 fully saturated rings. The average molecular weight is 357 g/mol. The fourth-order valence-corrected chi connectivity index (χ4v) is 4.36. The third kappa shape index (κ3) is 2.97. The van der Waals surface area contributed by atoms with E-state index < -0.39 is 18.1 Å². The molecule has 1 aliphatic rings. The zero-order valence-corrected chi connectivity index (χ0v) is 12.5. The maximum Gasteiger partial charge on any atom is 0.392 e. The van der Waals surface area contributed by atoms with Gasteiger partial charge in [-0.05, 0) is 47.7 Å². The number of esters is 1. The summed E-state index contributed by atoms with van der Waals surface area (Å²) in [6.45, 7) is 1.95. The first-order valence-corrected chi connectivity index (χ1v) is 7.49. The van der Waals surface area contributed by atoms with Gasteiger partial charge in [-0.3, -0.25) is 0 Å². The molecule has 0 saturated carbocycles. The van der Waals surface area contributed by atoms with Crippen molar-refractivity contribution in [2.24, 2.45) is 5.92 Å². The van der Waals surface area contributed by atoms with Crippen LogP contribution < -0.4 is 0 Å². The Balaban J connectivity index is 2.30. The van der Waals surface area contributed by atoms with Gasteiger partial charge in [0.15, 0.2) is 0 Å². The third-order valence-corrected chi connectivity index (χ3v) is 5.09. The quantitative estimate of drug-likeness (QED) is 0.736. The average Bonchev–Trinajstić information content (AvgIpc) is 2.62. The Morgan fingerprint density at radius 3 is 2.79 bits per heavy atom. The lowest BCUT2D eigenvalue weighted by Crippen LogP contribution is -2.28. The summed E-state index contributed by atoms with van der Waals surface area (Å²) in [6, 6.07) is 0. The molecule has 106 valence electrons. The molecule has 0 radical (unpaired) electrons. The molecule has 1 aromatic heterocycles. The molecule has 1 unspecified atom stereocenters. The highest BCUT2D eigenvalue weighted by molar-refractivity contribution is 9.11. The highest BCUT2D eigenvalue weighted by Crippen LogP contribution is 2.43. The molecule has 0 aromatic carbocycles. The number of alkyl halides is 3. The summed E-state index contributed by atoms with van der Waals surface area (Å²) in [7, 11) is 0. The van der Waals surface area contributed by atoms with Gasteiger partial charge in [0.25, 0.3) is 0 Å². The van der Waals surface area contributed by atoms with Crippen molar-refractivity contribution in [1.29, 1.82) is 0 Å². The van der Waals surface area contributed by atoms with E-state index in [1.807, 2.05) is 0 Å². The van der Waals surface area contributed by atoms with E-state index in [-0.39, 0.29) is 25.9 Å². The SMILES string of the molecule is CCOC(=O)c1c(Br)sc2c1CCC(C(F)(F)F)C2. The summed E-state index contributed by atoms with van der Waals surface area (Å²) >= 11 is 4.46. The van der Waals surface area contributed by atoms with E-state index in [0.717, 1.165) is 5.56 Å². The molecule has 1 aliphatic carbocycles. The van der Waals surface area contributed by atoms with E-state index in [9.17, 15) is 18.0 Å². The van der Waals surface area contributed by atoms with E-state index in [1.54, 1.807) is 6.92 Å². The van der Waals surface area contributed by atoms with E-state index in [2.05, 4.69) is 15.9 Å². The van der Waals surface area contributed by atoms with Crippen LogP contribution in [0.1, 0.15) is 34.1 Å². The second-order valence-electron chi connectivity index (χ2n) is 4.35. The fraction of sp³-hybridized carbons (Fsp3) is 0.583. The second-order valence-corrected chi connectivity index (χ2v) is 6.78. The van der Waals surface area contributed by atoms with Gasteiger partial charge in [-0.1, -0.05) is 0 Å². The van der Waals surface area contributed by atoms with Gasteiger partial charge in [-0.25, -0.2) is 4.79 Å². The Kier molecular flexibility index (Phi) is 4.25. The van der Waals surface area contributed by atoms with Gasteiger partial charge in [-0.2, -0.15) is 13.2 Å². The van der Waals surface area contributed by atoms with Crippen molar-refractivity contribution < 1.29 is 22.7 Å². The number of hydrogen-bond donors (Lipinski definition) is 0. The topological polar surface area (TPSA) is 26.3 Å². The van der Waals surface area contributed by atoms with Crippen LogP contribution in [0.5, 0.6) is 0 Å². The Morgan fingerprint density at radius 1 is 1.53 bits per heavy atom. The van der Waals surface area contributed by atoms with Crippen molar-refractivity contribution in [3.05, 3.63) is 19.8 Å². The number of rotatable bonds is 2. The molecular weight excluding hydrogens is 345 g/mol. The Labute approximate surface area is 121 Å². The minimum absolute atomic E-state index is 0.0338. The summed E-state index contributed by atoms with van der Waals surface area (Å²) < 4.78 is 43.7. The van der Waals surface area contributed by atoms with Gasteiger partial charge in [0.1, 0.15) is 0 Å². The zero-order chi connectivity index (χ0) is 14.2. The smallest absolute Gasteiger partial charge is 0.392 e. The first kappa shape index (κ1) is 14.8. The fourth-order valence-electron chi connectivity index (χ4n) is 2.24. The largest absolute Gasteiger partial charge is 0.462 e. The molecule has 19 heavy (non-hydrogen) atoms. The number of carbonyl (C=O) groups is 1. The summed E-state index contributed by atoms with van der Waals surface area (Å²) in [5, 5.41) is 0. The van der Waals surface area contributed by atoms with Crippen LogP contribution in [0, 0.1) is 5.92 Å². The first-order valence-electron chi connectivity index (χ1n) is 5.88. The van der Waals surface area contributed by atoms with Crippen LogP contribution in [-0.4, -0.2) is 18.8 Å². The van der Waals surface area contributed by atoms with Crippen molar-refractivity contribution in [3.63, 3.8) is 0 Å². The van der Waals surface area contributed by atoms with Gasteiger partial charge >= 0.3 is 12.1 Å². The summed E-state index contributed by atoms with van der Waals surface area (Å²) in [5.74, 6) is -1.77. The number of fused-ring (bicyclic) bond motifs is 1. The highest BCUT2D eigenvalue weighted by Gasteiger charge is 2.42. The summed E-state index contributed by atoms with van der Waals surface area (Å²) in [4.78, 5) is 12.5. The number of hydrogen-bond acceptors (Lipinski definition) is 3. The molecule has 2 rings (SSSR count). The zero-order valence-electron chi connectivity index (χ0n) is 10.1. The lowest BCUT2D eigenvalue weighted by atomic mass is 9.87. The molecule has 0 amide bonds. The predicted octanol–water partition coefficient (Wildman–Crippen LogP) is 4.35. The van der Waals surface area contributed by atoms with Gasteiger partial charge in [0, 0.05) is 4.88 Å². The molecule has 0 bridgehead atoms. The molecule has 0 aliphatic heterocycles. The van der Waals surface area contributed by atoms with Crippen molar-refractivity contribution in [3.8, 4) is 0 Å². The standard InChI is InChI=1S/C12H12BrF3O2S/c1-2-18-11(17)9-7-4-3-6(12(14,15)16)5-8(7)19-10(9)13/h6H,2-5H2,1H3. The minimum Gasteiger partial charge on any atom is -0.462 e. The van der Waals surface area contributed by atoms with E-state index in [1.165, 1.54) is 11.3 Å². The van der Waals surface area contributed by atoms with Crippen LogP contribution in [0.25, 0.3) is 0 Å². The summed E-state index contributed by atoms with van der Waals surface area (Å²) in [5.41, 5.74) is 1.12. The Hall–Kier alpha value is -0.560. The number of halogens is 4. The molecule has 2 nitrogen and oxygen atoms in total. The third-order valence-electron chi connectivity index (χ3n) is 3.16. The molecule has 1 aromatic rings. The molecule has 0 saturated heterocycles. The van der Waals surface area contributed by atoms with Crippen molar-refractivity contribution >= 4 is 33.2 Å². The molecule has 1 heterocycles. The number of ether oxygens (including phenoxy) is 1. The Bertz CT molecular complexity index is 496. The van der Waals surface area contributed by atoms with Crippen LogP contribution in [0.4, 0.5) is 13.2 Å². The maximum absolute atomic E-state index is 12.7. The highest BCUT2D eigenvalue weighted by atomic mass is 79.9. The van der Waals surface area contributed by atoms with Crippen molar-refractivity contribution in [1.82, 2.24) is 0 Å². The van der Waals surface area contributed by atoms with Crippen LogP contribution in [-0.2, 0) is 17.6 Å². The monoisotopic (exact) mass is 356 g/mol. The normalized spacial score (nSPS) is 19.1. The van der Waals surface area contributed by atoms with Crippen molar-refractivity contribution in [2.75, 3.05) is 6.61 Å².